The van der Waals surface area contributed by atoms with Gasteiger partial charge < -0.3 is 4.74 Å². The van der Waals surface area contributed by atoms with Gasteiger partial charge in [0.2, 0.25) is 0 Å². The van der Waals surface area contributed by atoms with Crippen molar-refractivity contribution < 1.29 is 14.3 Å². The first-order valence-electron chi connectivity index (χ1n) is 7.41. The number of aromatic nitrogens is 1. The topological polar surface area (TPSA) is 56.3 Å². The first-order chi connectivity index (χ1) is 11.9. The van der Waals surface area contributed by atoms with Gasteiger partial charge in [0.1, 0.15) is 10.3 Å². The van der Waals surface area contributed by atoms with Gasteiger partial charge in [0, 0.05) is 16.5 Å². The lowest BCUT2D eigenvalue weighted by atomic mass is 9.92. The van der Waals surface area contributed by atoms with E-state index in [9.17, 15) is 9.59 Å². The third kappa shape index (κ3) is 3.11. The molecule has 2 aromatic carbocycles. The SMILES string of the molecule is COC(=O)c1cc(C(=O)c2ccccc2)c2cc(Cl)nc(Cl)c2c1C. The number of benzene rings is 2. The molecule has 25 heavy (non-hydrogen) atoms. The molecular formula is C19H13Cl2NO3. The van der Waals surface area contributed by atoms with Crippen molar-refractivity contribution in [1.82, 2.24) is 4.98 Å². The van der Waals surface area contributed by atoms with Crippen molar-refractivity contribution in [3.63, 3.8) is 0 Å². The molecule has 6 heteroatoms. The van der Waals surface area contributed by atoms with Crippen LogP contribution in [0.3, 0.4) is 0 Å². The lowest BCUT2D eigenvalue weighted by Crippen LogP contribution is -2.10. The zero-order valence-corrected chi connectivity index (χ0v) is 15.0. The number of aryl methyl sites for hydroxylation is 1. The van der Waals surface area contributed by atoms with Gasteiger partial charge in [-0.25, -0.2) is 9.78 Å². The van der Waals surface area contributed by atoms with E-state index in [0.717, 1.165) is 0 Å². The molecule has 0 radical (unpaired) electrons. The monoisotopic (exact) mass is 373 g/mol. The molecule has 0 bridgehead atoms. The molecule has 0 aliphatic carbocycles. The molecule has 0 amide bonds. The predicted molar refractivity (Wildman–Crippen MR) is 97.7 cm³/mol. The lowest BCUT2D eigenvalue weighted by Gasteiger charge is -2.14. The van der Waals surface area contributed by atoms with Crippen LogP contribution in [0, 0.1) is 6.92 Å². The molecule has 0 unspecified atom stereocenters. The number of pyridine rings is 1. The molecule has 0 atom stereocenters. The van der Waals surface area contributed by atoms with Crippen molar-refractivity contribution >= 4 is 45.7 Å². The fraction of sp³-hybridized carbons (Fsp3) is 0.105. The van der Waals surface area contributed by atoms with Crippen LogP contribution in [-0.4, -0.2) is 23.8 Å². The van der Waals surface area contributed by atoms with Crippen LogP contribution in [0.25, 0.3) is 10.8 Å². The van der Waals surface area contributed by atoms with E-state index >= 15 is 0 Å². The van der Waals surface area contributed by atoms with E-state index in [4.69, 9.17) is 27.9 Å². The molecule has 0 fully saturated rings. The van der Waals surface area contributed by atoms with Crippen LogP contribution in [0.1, 0.15) is 31.8 Å². The van der Waals surface area contributed by atoms with Gasteiger partial charge in [-0.1, -0.05) is 53.5 Å². The molecule has 0 saturated heterocycles. The molecule has 0 N–H and O–H groups in total. The van der Waals surface area contributed by atoms with Crippen molar-refractivity contribution in [2.45, 2.75) is 6.92 Å². The number of carbonyl (C=O) groups is 2. The molecule has 0 saturated carbocycles. The Bertz CT molecular complexity index is 1000. The average molecular weight is 374 g/mol. The third-order valence-corrected chi connectivity index (χ3v) is 4.45. The number of esters is 1. The Balaban J connectivity index is 2.39. The number of ether oxygens (including phenoxy) is 1. The second-order valence-corrected chi connectivity index (χ2v) is 6.19. The number of fused-ring (bicyclic) bond motifs is 1. The lowest BCUT2D eigenvalue weighted by molar-refractivity contribution is 0.0600. The number of ketones is 1. The third-order valence-electron chi connectivity index (χ3n) is 3.99. The van der Waals surface area contributed by atoms with Crippen LogP contribution in [0.2, 0.25) is 10.3 Å². The second-order valence-electron chi connectivity index (χ2n) is 5.44. The second kappa shape index (κ2) is 6.82. The van der Waals surface area contributed by atoms with E-state index in [-0.39, 0.29) is 21.7 Å². The Hall–Kier alpha value is -2.43. The number of hydrogen-bond acceptors (Lipinski definition) is 4. The Morgan fingerprint density at radius 3 is 2.36 bits per heavy atom. The highest BCUT2D eigenvalue weighted by molar-refractivity contribution is 6.38. The summed E-state index contributed by atoms with van der Waals surface area (Å²) in [5.41, 5.74) is 1.66. The van der Waals surface area contributed by atoms with Crippen LogP contribution < -0.4 is 0 Å². The van der Waals surface area contributed by atoms with Crippen LogP contribution in [-0.2, 0) is 4.74 Å². The normalized spacial score (nSPS) is 10.7. The molecule has 1 aromatic heterocycles. The minimum absolute atomic E-state index is 0.132. The summed E-state index contributed by atoms with van der Waals surface area (Å²) in [6, 6.07) is 11.9. The standard InChI is InChI=1S/C19H13Cl2NO3/c1-10-12(19(24)25-2)8-14(17(23)11-6-4-3-5-7-11)13-9-15(20)22-18(21)16(10)13/h3-9H,1-2H3. The molecular weight excluding hydrogens is 361 g/mol. The minimum Gasteiger partial charge on any atom is -0.465 e. The van der Waals surface area contributed by atoms with Crippen LogP contribution in [0.5, 0.6) is 0 Å². The van der Waals surface area contributed by atoms with Gasteiger partial charge in [-0.15, -0.1) is 0 Å². The summed E-state index contributed by atoms with van der Waals surface area (Å²) in [5.74, 6) is -0.790. The maximum Gasteiger partial charge on any atom is 0.338 e. The summed E-state index contributed by atoms with van der Waals surface area (Å²) in [5, 5.41) is 1.36. The van der Waals surface area contributed by atoms with Gasteiger partial charge in [-0.3, -0.25) is 4.79 Å². The first-order valence-corrected chi connectivity index (χ1v) is 8.17. The molecule has 0 spiro atoms. The molecule has 0 aliphatic heterocycles. The van der Waals surface area contributed by atoms with Gasteiger partial charge in [0.25, 0.3) is 0 Å². The van der Waals surface area contributed by atoms with Gasteiger partial charge in [0.05, 0.1) is 12.7 Å². The van der Waals surface area contributed by atoms with E-state index in [1.807, 2.05) is 6.07 Å². The van der Waals surface area contributed by atoms with Gasteiger partial charge in [-0.2, -0.15) is 0 Å². The summed E-state index contributed by atoms with van der Waals surface area (Å²) in [6.45, 7) is 1.73. The van der Waals surface area contributed by atoms with Gasteiger partial charge >= 0.3 is 5.97 Å². The van der Waals surface area contributed by atoms with Gasteiger partial charge in [-0.05, 0) is 30.0 Å². The summed E-state index contributed by atoms with van der Waals surface area (Å²) in [7, 11) is 1.28. The summed E-state index contributed by atoms with van der Waals surface area (Å²) < 4.78 is 4.83. The summed E-state index contributed by atoms with van der Waals surface area (Å²) in [4.78, 5) is 29.2. The average Bonchev–Trinajstić information content (AvgIpc) is 2.61. The zero-order chi connectivity index (χ0) is 18.1. The zero-order valence-electron chi connectivity index (χ0n) is 13.5. The molecule has 3 rings (SSSR count). The fourth-order valence-electron chi connectivity index (χ4n) is 2.77. The molecule has 0 aliphatic rings. The first kappa shape index (κ1) is 17.4. The Morgan fingerprint density at radius 1 is 1.04 bits per heavy atom. The largest absolute Gasteiger partial charge is 0.465 e. The van der Waals surface area contributed by atoms with Crippen LogP contribution in [0.15, 0.2) is 42.5 Å². The Morgan fingerprint density at radius 2 is 1.72 bits per heavy atom. The molecule has 1 heterocycles. The highest BCUT2D eigenvalue weighted by atomic mass is 35.5. The maximum atomic E-state index is 13.0. The maximum absolute atomic E-state index is 13.0. The number of halogens is 2. The predicted octanol–water partition coefficient (Wildman–Crippen LogP) is 4.87. The molecule has 3 aromatic rings. The van der Waals surface area contributed by atoms with E-state index < -0.39 is 5.97 Å². The number of nitrogens with zero attached hydrogens (tertiary/aromatic N) is 1. The van der Waals surface area contributed by atoms with Gasteiger partial charge in [0.15, 0.2) is 5.78 Å². The van der Waals surface area contributed by atoms with E-state index in [0.29, 0.717) is 27.5 Å². The van der Waals surface area contributed by atoms with Crippen LogP contribution >= 0.6 is 23.2 Å². The number of hydrogen-bond donors (Lipinski definition) is 0. The quantitative estimate of drug-likeness (QED) is 0.373. The Labute approximate surface area is 154 Å². The number of methoxy groups -OCH3 is 1. The van der Waals surface area contributed by atoms with E-state index in [2.05, 4.69) is 4.98 Å². The van der Waals surface area contributed by atoms with Crippen molar-refractivity contribution in [3.8, 4) is 0 Å². The van der Waals surface area contributed by atoms with Crippen LogP contribution in [0.4, 0.5) is 0 Å². The smallest absolute Gasteiger partial charge is 0.338 e. The molecule has 4 nitrogen and oxygen atoms in total. The highest BCUT2D eigenvalue weighted by Crippen LogP contribution is 2.34. The van der Waals surface area contributed by atoms with Crippen molar-refractivity contribution in [1.29, 1.82) is 0 Å². The van der Waals surface area contributed by atoms with Crippen molar-refractivity contribution in [3.05, 3.63) is 75.0 Å². The Kier molecular flexibility index (Phi) is 4.75. The highest BCUT2D eigenvalue weighted by Gasteiger charge is 2.22. The summed E-state index contributed by atoms with van der Waals surface area (Å²) in [6.07, 6.45) is 0. The minimum atomic E-state index is -0.549. The van der Waals surface area contributed by atoms with Crippen molar-refractivity contribution in [2.24, 2.45) is 0 Å². The summed E-state index contributed by atoms with van der Waals surface area (Å²) >= 11 is 12.3. The van der Waals surface area contributed by atoms with E-state index in [1.54, 1.807) is 37.3 Å². The number of rotatable bonds is 3. The van der Waals surface area contributed by atoms with E-state index in [1.165, 1.54) is 13.2 Å². The van der Waals surface area contributed by atoms with Crippen molar-refractivity contribution in [2.75, 3.05) is 7.11 Å². The number of carbonyl (C=O) groups excluding carboxylic acids is 2. The fourth-order valence-corrected chi connectivity index (χ4v) is 3.34. The molecule has 126 valence electrons.